The Morgan fingerprint density at radius 3 is 2.69 bits per heavy atom. The molecule has 0 aliphatic carbocycles. The van der Waals surface area contributed by atoms with E-state index in [4.69, 9.17) is 27.9 Å². The van der Waals surface area contributed by atoms with Crippen molar-refractivity contribution in [2.24, 2.45) is 7.05 Å². The third-order valence-corrected chi connectivity index (χ3v) is 5.81. The average Bonchev–Trinajstić information content (AvgIpc) is 2.82. The van der Waals surface area contributed by atoms with E-state index in [9.17, 15) is 23.8 Å². The predicted molar refractivity (Wildman–Crippen MR) is 137 cm³/mol. The van der Waals surface area contributed by atoms with Gasteiger partial charge in [-0.15, -0.1) is 10.2 Å². The molecule has 10 nitrogen and oxygen atoms in total. The maximum Gasteiger partial charge on any atom is 0.397 e. The van der Waals surface area contributed by atoms with Crippen LogP contribution in [0.25, 0.3) is 0 Å². The van der Waals surface area contributed by atoms with E-state index in [0.717, 1.165) is 6.07 Å². The Bertz CT molecular complexity index is 1360. The fourth-order valence-corrected chi connectivity index (χ4v) is 3.97. The van der Waals surface area contributed by atoms with Crippen LogP contribution in [-0.2, 0) is 11.8 Å². The summed E-state index contributed by atoms with van der Waals surface area (Å²) in [6.07, 6.45) is 1.03. The Hall–Kier alpha value is -3.41. The average molecular weight is 534 g/mol. The SMILES string of the molecule is CB(O)N(BC=O)c1nnc(C(=O)Nc2ccc(=O)n(C)c2)cc1OC(C)c1c(Cl)ccc(F)c1Cl. The lowest BCUT2D eigenvalue weighted by Crippen LogP contribution is -2.42. The second kappa shape index (κ2) is 11.5. The number of aryl methyl sites for hydroxylation is 1. The van der Waals surface area contributed by atoms with Crippen LogP contribution in [0.1, 0.15) is 29.1 Å². The molecule has 2 N–H and O–H groups in total. The summed E-state index contributed by atoms with van der Waals surface area (Å²) < 4.78 is 22.5. The van der Waals surface area contributed by atoms with Crippen LogP contribution in [0.3, 0.4) is 0 Å². The number of carbonyl (C=O) groups is 2. The number of rotatable bonds is 9. The topological polar surface area (TPSA) is 127 Å². The maximum atomic E-state index is 14.1. The highest BCUT2D eigenvalue weighted by Crippen LogP contribution is 2.37. The molecular weight excluding hydrogens is 514 g/mol. The van der Waals surface area contributed by atoms with Gasteiger partial charge < -0.3 is 29.2 Å². The smallest absolute Gasteiger partial charge is 0.397 e. The van der Waals surface area contributed by atoms with E-state index >= 15 is 0 Å². The lowest BCUT2D eigenvalue weighted by atomic mass is 9.73. The molecule has 0 aliphatic heterocycles. The fourth-order valence-electron chi connectivity index (χ4n) is 3.29. The Labute approximate surface area is 216 Å². The highest BCUT2D eigenvalue weighted by Gasteiger charge is 2.27. The van der Waals surface area contributed by atoms with Gasteiger partial charge in [-0.3, -0.25) is 9.59 Å². The summed E-state index contributed by atoms with van der Waals surface area (Å²) >= 11 is 12.3. The molecular formula is C21H20B2Cl2FN5O5. The molecule has 3 aromatic rings. The number of carbonyl (C=O) groups excluding carboxylic acids is 2. The number of amides is 1. The van der Waals surface area contributed by atoms with E-state index in [2.05, 4.69) is 15.5 Å². The molecule has 3 rings (SSSR count). The van der Waals surface area contributed by atoms with Crippen molar-refractivity contribution in [3.05, 3.63) is 74.0 Å². The van der Waals surface area contributed by atoms with Gasteiger partial charge in [0.1, 0.15) is 18.1 Å². The number of pyridine rings is 1. The highest BCUT2D eigenvalue weighted by molar-refractivity contribution is 6.82. The van der Waals surface area contributed by atoms with Gasteiger partial charge in [0.2, 0.25) is 5.56 Å². The first-order valence-electron chi connectivity index (χ1n) is 10.6. The number of anilines is 2. The van der Waals surface area contributed by atoms with Crippen molar-refractivity contribution in [2.45, 2.75) is 19.9 Å². The second-order valence-corrected chi connectivity index (χ2v) is 8.49. The minimum atomic E-state index is -1.17. The van der Waals surface area contributed by atoms with Gasteiger partial charge in [0.25, 0.3) is 5.91 Å². The number of aromatic nitrogens is 3. The van der Waals surface area contributed by atoms with E-state index < -0.39 is 24.9 Å². The van der Waals surface area contributed by atoms with Gasteiger partial charge in [-0.2, -0.15) is 0 Å². The summed E-state index contributed by atoms with van der Waals surface area (Å²) in [4.78, 5) is 35.6. The standard InChI is InChI=1S/C21H20B2Cl2FN5O5/c1-11(18-13(24)5-6-14(26)19(18)25)36-16-8-15(28-29-20(16)31(22-10-32)23(2)35)21(34)27-12-4-7-17(33)30(3)9-12/h4-11,22,35H,1-3H3,(H,27,34). The molecule has 0 spiro atoms. The molecule has 0 bridgehead atoms. The minimum absolute atomic E-state index is 0.0498. The number of hydrogen-bond donors (Lipinski definition) is 2. The van der Waals surface area contributed by atoms with Crippen molar-refractivity contribution in [3.63, 3.8) is 0 Å². The predicted octanol–water partition coefficient (Wildman–Crippen LogP) is 2.47. The van der Waals surface area contributed by atoms with Crippen molar-refractivity contribution in [2.75, 3.05) is 10.0 Å². The molecule has 1 atom stereocenters. The molecule has 1 unspecified atom stereocenters. The third kappa shape index (κ3) is 6.04. The summed E-state index contributed by atoms with van der Waals surface area (Å²) in [5, 5.41) is 20.6. The normalized spacial score (nSPS) is 11.4. The Morgan fingerprint density at radius 1 is 1.33 bits per heavy atom. The van der Waals surface area contributed by atoms with Crippen molar-refractivity contribution >= 4 is 61.3 Å². The van der Waals surface area contributed by atoms with E-state index in [-0.39, 0.29) is 45.8 Å². The van der Waals surface area contributed by atoms with Crippen LogP contribution in [0.4, 0.5) is 15.9 Å². The number of nitrogens with zero attached hydrogens (tertiary/aromatic N) is 4. The Morgan fingerprint density at radius 2 is 2.06 bits per heavy atom. The zero-order chi connectivity index (χ0) is 26.6. The number of benzene rings is 1. The van der Waals surface area contributed by atoms with Gasteiger partial charge in [0.15, 0.2) is 17.3 Å². The molecule has 186 valence electrons. The first-order valence-corrected chi connectivity index (χ1v) is 11.3. The Kier molecular flexibility index (Phi) is 8.72. The third-order valence-electron chi connectivity index (χ3n) is 5.10. The number of nitrogens with one attached hydrogen (secondary N) is 1. The second-order valence-electron chi connectivity index (χ2n) is 7.71. The van der Waals surface area contributed by atoms with E-state index in [1.54, 1.807) is 6.92 Å². The van der Waals surface area contributed by atoms with E-state index in [1.165, 1.54) is 53.6 Å². The quantitative estimate of drug-likeness (QED) is 0.244. The summed E-state index contributed by atoms with van der Waals surface area (Å²) in [7, 11) is 0.0939. The zero-order valence-electron chi connectivity index (χ0n) is 19.4. The van der Waals surface area contributed by atoms with Crippen LogP contribution < -0.4 is 20.3 Å². The first-order chi connectivity index (χ1) is 17.0. The van der Waals surface area contributed by atoms with Gasteiger partial charge in [0.05, 0.1) is 10.7 Å². The largest absolute Gasteiger partial charge is 0.482 e. The molecule has 2 aromatic heterocycles. The van der Waals surface area contributed by atoms with E-state index in [0.29, 0.717) is 11.9 Å². The molecule has 36 heavy (non-hydrogen) atoms. The van der Waals surface area contributed by atoms with Crippen molar-refractivity contribution < 1.29 is 23.7 Å². The van der Waals surface area contributed by atoms with Crippen LogP contribution in [0.15, 0.2) is 41.3 Å². The van der Waals surface area contributed by atoms with Gasteiger partial charge in [-0.25, -0.2) is 4.39 Å². The van der Waals surface area contributed by atoms with Crippen molar-refractivity contribution in [1.82, 2.24) is 14.8 Å². The van der Waals surface area contributed by atoms with Gasteiger partial charge in [-0.05, 0) is 31.9 Å². The molecule has 1 amide bonds. The molecule has 0 saturated carbocycles. The monoisotopic (exact) mass is 533 g/mol. The lowest BCUT2D eigenvalue weighted by molar-refractivity contribution is 0.102. The van der Waals surface area contributed by atoms with Crippen molar-refractivity contribution in [3.8, 4) is 5.75 Å². The van der Waals surface area contributed by atoms with Crippen LogP contribution in [0.5, 0.6) is 5.75 Å². The maximum absolute atomic E-state index is 14.1. The lowest BCUT2D eigenvalue weighted by Gasteiger charge is -2.26. The number of ether oxygens (including phenoxy) is 1. The van der Waals surface area contributed by atoms with Crippen LogP contribution >= 0.6 is 23.2 Å². The van der Waals surface area contributed by atoms with Crippen LogP contribution in [0.2, 0.25) is 16.9 Å². The van der Waals surface area contributed by atoms with Gasteiger partial charge in [0, 0.05) is 36.0 Å². The van der Waals surface area contributed by atoms with Gasteiger partial charge >= 0.3 is 14.5 Å². The summed E-state index contributed by atoms with van der Waals surface area (Å²) in [5.41, 5.74) is 0.0396. The number of halogens is 3. The summed E-state index contributed by atoms with van der Waals surface area (Å²) in [6.45, 7) is 2.95. The Balaban J connectivity index is 2.03. The highest BCUT2D eigenvalue weighted by atomic mass is 35.5. The minimum Gasteiger partial charge on any atom is -0.482 e. The van der Waals surface area contributed by atoms with Gasteiger partial charge in [-0.1, -0.05) is 23.2 Å². The molecule has 0 fully saturated rings. The van der Waals surface area contributed by atoms with Crippen LogP contribution in [0, 0.1) is 5.82 Å². The van der Waals surface area contributed by atoms with Crippen LogP contribution in [-0.4, -0.2) is 46.3 Å². The molecule has 1 aromatic carbocycles. The molecule has 0 aliphatic rings. The molecule has 2 heterocycles. The van der Waals surface area contributed by atoms with Crippen molar-refractivity contribution in [1.29, 1.82) is 0 Å². The molecule has 0 radical (unpaired) electrons. The van der Waals surface area contributed by atoms with E-state index in [1.807, 2.05) is 0 Å². The molecule has 15 heteroatoms. The summed E-state index contributed by atoms with van der Waals surface area (Å²) in [6, 6.07) is 6.39. The number of hydrogen-bond acceptors (Lipinski definition) is 8. The summed E-state index contributed by atoms with van der Waals surface area (Å²) in [5.74, 6) is -1.48. The zero-order valence-corrected chi connectivity index (χ0v) is 20.9. The fraction of sp³-hybridized carbons (Fsp3) is 0.190. The molecule has 0 saturated heterocycles. The first kappa shape index (κ1) is 27.2.